The molecule has 0 spiro atoms. The highest BCUT2D eigenvalue weighted by Crippen LogP contribution is 2.26. The largest absolute Gasteiger partial charge is 0.490 e. The van der Waals surface area contributed by atoms with Crippen molar-refractivity contribution in [3.8, 4) is 5.75 Å². The SMILES string of the molecule is Cc1nc2c(OCc3c(F)cccc3F)cccn2c1C(=O)NC(CCCC(F)(F)F)COC(=O)C(F)(F)F. The molecule has 0 aliphatic carbocycles. The van der Waals surface area contributed by atoms with Gasteiger partial charge in [0.15, 0.2) is 11.4 Å². The number of ether oxygens (including phenoxy) is 2. The zero-order valence-corrected chi connectivity index (χ0v) is 20.1. The van der Waals surface area contributed by atoms with Gasteiger partial charge in [-0.15, -0.1) is 0 Å². The van der Waals surface area contributed by atoms with E-state index in [0.29, 0.717) is 0 Å². The van der Waals surface area contributed by atoms with Crippen LogP contribution in [0.25, 0.3) is 5.65 Å². The minimum atomic E-state index is -5.33. The number of amides is 1. The molecule has 1 unspecified atom stereocenters. The Morgan fingerprint density at radius 3 is 2.33 bits per heavy atom. The molecule has 1 N–H and O–H groups in total. The number of fused-ring (bicyclic) bond motifs is 1. The summed E-state index contributed by atoms with van der Waals surface area (Å²) in [6.45, 7) is -0.137. The second-order valence-electron chi connectivity index (χ2n) is 8.37. The number of halogens is 8. The summed E-state index contributed by atoms with van der Waals surface area (Å²) in [5.41, 5.74) is -0.345. The summed E-state index contributed by atoms with van der Waals surface area (Å²) in [5.74, 6) is -5.15. The van der Waals surface area contributed by atoms with Gasteiger partial charge in [0.05, 0.1) is 17.3 Å². The molecule has 0 aliphatic rings. The summed E-state index contributed by atoms with van der Waals surface area (Å²) >= 11 is 0. The first-order chi connectivity index (χ1) is 18.2. The molecule has 7 nitrogen and oxygen atoms in total. The number of aromatic nitrogens is 2. The van der Waals surface area contributed by atoms with Crippen molar-refractivity contribution >= 4 is 17.5 Å². The first-order valence-electron chi connectivity index (χ1n) is 11.3. The fourth-order valence-corrected chi connectivity index (χ4v) is 3.62. The second kappa shape index (κ2) is 11.9. The second-order valence-corrected chi connectivity index (χ2v) is 8.37. The summed E-state index contributed by atoms with van der Waals surface area (Å²) in [7, 11) is 0. The molecule has 3 aromatic rings. The van der Waals surface area contributed by atoms with E-state index in [0.717, 1.165) is 12.1 Å². The molecule has 0 aliphatic heterocycles. The summed E-state index contributed by atoms with van der Waals surface area (Å²) in [4.78, 5) is 28.3. The van der Waals surface area contributed by atoms with Crippen molar-refractivity contribution in [2.45, 2.75) is 51.2 Å². The first-order valence-corrected chi connectivity index (χ1v) is 11.3. The molecule has 212 valence electrons. The number of carbonyl (C=O) groups is 2. The Morgan fingerprint density at radius 1 is 1.05 bits per heavy atom. The van der Waals surface area contributed by atoms with Crippen LogP contribution in [0.3, 0.4) is 0 Å². The van der Waals surface area contributed by atoms with E-state index in [9.17, 15) is 44.7 Å². The maximum Gasteiger partial charge on any atom is 0.490 e. The maximum absolute atomic E-state index is 13.9. The van der Waals surface area contributed by atoms with Crippen molar-refractivity contribution in [1.29, 1.82) is 0 Å². The van der Waals surface area contributed by atoms with Crippen LogP contribution < -0.4 is 10.1 Å². The van der Waals surface area contributed by atoms with Gasteiger partial charge in [0.1, 0.15) is 30.5 Å². The summed E-state index contributed by atoms with van der Waals surface area (Å²) in [6, 6.07) is 4.71. The van der Waals surface area contributed by atoms with Crippen molar-refractivity contribution in [3.05, 3.63) is 65.1 Å². The molecule has 2 heterocycles. The van der Waals surface area contributed by atoms with E-state index in [2.05, 4.69) is 15.0 Å². The number of imidazole rings is 1. The third-order valence-electron chi connectivity index (χ3n) is 5.43. The lowest BCUT2D eigenvalue weighted by molar-refractivity contribution is -0.200. The quantitative estimate of drug-likeness (QED) is 0.261. The van der Waals surface area contributed by atoms with E-state index in [1.807, 2.05) is 0 Å². The normalized spacial score (nSPS) is 12.8. The minimum absolute atomic E-state index is 0.0307. The van der Waals surface area contributed by atoms with Crippen molar-refractivity contribution in [3.63, 3.8) is 0 Å². The van der Waals surface area contributed by atoms with Gasteiger partial charge in [-0.3, -0.25) is 9.20 Å². The van der Waals surface area contributed by atoms with Crippen LogP contribution in [0.5, 0.6) is 5.75 Å². The molecule has 0 radical (unpaired) electrons. The fraction of sp³-hybridized carbons (Fsp3) is 0.375. The molecule has 0 saturated heterocycles. The zero-order chi connectivity index (χ0) is 29.0. The molecule has 0 saturated carbocycles. The van der Waals surface area contributed by atoms with Crippen molar-refractivity contribution in [2.75, 3.05) is 6.61 Å². The van der Waals surface area contributed by atoms with Crippen LogP contribution in [-0.2, 0) is 16.1 Å². The molecule has 39 heavy (non-hydrogen) atoms. The summed E-state index contributed by atoms with van der Waals surface area (Å²) in [6.07, 6.45) is -10.8. The number of pyridine rings is 1. The molecule has 3 rings (SSSR count). The third-order valence-corrected chi connectivity index (χ3v) is 5.43. The van der Waals surface area contributed by atoms with Gasteiger partial charge >= 0.3 is 18.3 Å². The van der Waals surface area contributed by atoms with E-state index >= 15 is 0 Å². The standard InChI is InChI=1S/C24H21F8N3O4/c1-13-19(21(36)34-14(5-3-9-23(27,28)29)11-39-22(37)24(30,31)32)35-10-4-8-18(20(35)33-13)38-12-15-16(25)6-2-7-17(15)26/h2,4,6-8,10,14H,3,5,9,11-12H2,1H3,(H,34,36). The minimum Gasteiger partial charge on any atom is -0.485 e. The van der Waals surface area contributed by atoms with Crippen LogP contribution >= 0.6 is 0 Å². The molecule has 2 aromatic heterocycles. The molecular weight excluding hydrogens is 546 g/mol. The number of rotatable bonds is 10. The van der Waals surface area contributed by atoms with Gasteiger partial charge in [-0.2, -0.15) is 26.3 Å². The van der Waals surface area contributed by atoms with Crippen LogP contribution in [-0.4, -0.2) is 46.3 Å². The Morgan fingerprint density at radius 2 is 1.72 bits per heavy atom. The van der Waals surface area contributed by atoms with Crippen LogP contribution in [0.1, 0.15) is 41.0 Å². The number of carbonyl (C=O) groups excluding carboxylic acids is 2. The zero-order valence-electron chi connectivity index (χ0n) is 20.1. The highest BCUT2D eigenvalue weighted by molar-refractivity contribution is 5.95. The lowest BCUT2D eigenvalue weighted by atomic mass is 10.1. The number of nitrogens with zero attached hydrogens (tertiary/aromatic N) is 2. The van der Waals surface area contributed by atoms with Crippen LogP contribution in [0.2, 0.25) is 0 Å². The van der Waals surface area contributed by atoms with E-state index in [4.69, 9.17) is 4.74 Å². The number of hydrogen-bond donors (Lipinski definition) is 1. The monoisotopic (exact) mass is 567 g/mol. The molecule has 0 bridgehead atoms. The lowest BCUT2D eigenvalue weighted by Gasteiger charge is -2.20. The van der Waals surface area contributed by atoms with E-state index in [1.165, 1.54) is 35.7 Å². The highest BCUT2D eigenvalue weighted by Gasteiger charge is 2.41. The predicted octanol–water partition coefficient (Wildman–Crippen LogP) is 5.44. The smallest absolute Gasteiger partial charge is 0.485 e. The number of esters is 1. The average Bonchev–Trinajstić information content (AvgIpc) is 3.17. The molecular formula is C24H21F8N3O4. The van der Waals surface area contributed by atoms with Crippen molar-refractivity contribution < 1.29 is 54.2 Å². The van der Waals surface area contributed by atoms with Gasteiger partial charge in [-0.25, -0.2) is 18.6 Å². The van der Waals surface area contributed by atoms with Crippen LogP contribution in [0.15, 0.2) is 36.5 Å². The van der Waals surface area contributed by atoms with Gasteiger partial charge in [0.25, 0.3) is 5.91 Å². The Balaban J connectivity index is 1.81. The Hall–Kier alpha value is -3.91. The number of benzene rings is 1. The number of aryl methyl sites for hydroxylation is 1. The first kappa shape index (κ1) is 29.6. The van der Waals surface area contributed by atoms with Gasteiger partial charge < -0.3 is 14.8 Å². The number of hydrogen-bond acceptors (Lipinski definition) is 5. The van der Waals surface area contributed by atoms with Crippen LogP contribution in [0.4, 0.5) is 35.1 Å². The summed E-state index contributed by atoms with van der Waals surface area (Å²) < 4.78 is 114. The average molecular weight is 567 g/mol. The van der Waals surface area contributed by atoms with Gasteiger partial charge in [-0.1, -0.05) is 6.07 Å². The lowest BCUT2D eigenvalue weighted by Crippen LogP contribution is -2.41. The Labute approximate surface area is 215 Å². The molecule has 1 amide bonds. The van der Waals surface area contributed by atoms with E-state index in [1.54, 1.807) is 0 Å². The molecule has 15 heteroatoms. The van der Waals surface area contributed by atoms with Crippen LogP contribution in [0, 0.1) is 18.6 Å². The van der Waals surface area contributed by atoms with Crippen molar-refractivity contribution in [2.24, 2.45) is 0 Å². The van der Waals surface area contributed by atoms with Gasteiger partial charge in [-0.05, 0) is 44.0 Å². The molecule has 0 fully saturated rings. The predicted molar refractivity (Wildman–Crippen MR) is 119 cm³/mol. The maximum atomic E-state index is 13.9. The highest BCUT2D eigenvalue weighted by atomic mass is 19.4. The molecule has 1 aromatic carbocycles. The summed E-state index contributed by atoms with van der Waals surface area (Å²) in [5, 5.41) is 2.29. The van der Waals surface area contributed by atoms with Crippen molar-refractivity contribution in [1.82, 2.24) is 14.7 Å². The van der Waals surface area contributed by atoms with Gasteiger partial charge in [0.2, 0.25) is 0 Å². The Kier molecular flexibility index (Phi) is 9.02. The topological polar surface area (TPSA) is 81.9 Å². The number of nitrogens with one attached hydrogen (secondary N) is 1. The number of alkyl halides is 6. The Bertz CT molecular complexity index is 1320. The molecule has 1 atom stereocenters. The van der Waals surface area contributed by atoms with E-state index < -0.39 is 74.4 Å². The van der Waals surface area contributed by atoms with Gasteiger partial charge in [0, 0.05) is 12.6 Å². The fourth-order valence-electron chi connectivity index (χ4n) is 3.62. The van der Waals surface area contributed by atoms with E-state index in [-0.39, 0.29) is 28.3 Å². The third kappa shape index (κ3) is 7.80.